The third kappa shape index (κ3) is 4.02. The van der Waals surface area contributed by atoms with Crippen molar-refractivity contribution in [2.45, 2.75) is 32.7 Å². The van der Waals surface area contributed by atoms with Crippen LogP contribution in [0.5, 0.6) is 5.75 Å². The SMILES string of the molecule is CCc1ccc(/C(O)=C2/C(=O)C(=O)N(c3ccc(CC)cc3)C2c2ccccc2OC)cc1. The van der Waals surface area contributed by atoms with E-state index in [-0.39, 0.29) is 11.3 Å². The van der Waals surface area contributed by atoms with Gasteiger partial charge in [0.15, 0.2) is 0 Å². The van der Waals surface area contributed by atoms with E-state index in [0.29, 0.717) is 22.6 Å². The summed E-state index contributed by atoms with van der Waals surface area (Å²) in [5, 5.41) is 11.3. The summed E-state index contributed by atoms with van der Waals surface area (Å²) in [4.78, 5) is 28.0. The topological polar surface area (TPSA) is 66.8 Å². The molecule has 168 valence electrons. The number of rotatable bonds is 6. The summed E-state index contributed by atoms with van der Waals surface area (Å²) in [6, 6.07) is 21.4. The van der Waals surface area contributed by atoms with E-state index in [1.54, 1.807) is 25.3 Å². The minimum absolute atomic E-state index is 0.0494. The second-order valence-electron chi connectivity index (χ2n) is 7.98. The van der Waals surface area contributed by atoms with Crippen LogP contribution in [0.1, 0.15) is 42.1 Å². The van der Waals surface area contributed by atoms with Crippen molar-refractivity contribution in [1.29, 1.82) is 0 Å². The van der Waals surface area contributed by atoms with Gasteiger partial charge in [0.1, 0.15) is 11.5 Å². The van der Waals surface area contributed by atoms with Gasteiger partial charge in [-0.05, 0) is 42.2 Å². The Morgan fingerprint density at radius 1 is 0.879 bits per heavy atom. The minimum atomic E-state index is -0.820. The molecule has 3 aromatic rings. The highest BCUT2D eigenvalue weighted by molar-refractivity contribution is 6.51. The maximum Gasteiger partial charge on any atom is 0.300 e. The van der Waals surface area contributed by atoms with Gasteiger partial charge in [-0.3, -0.25) is 14.5 Å². The smallest absolute Gasteiger partial charge is 0.300 e. The summed E-state index contributed by atoms with van der Waals surface area (Å²) in [7, 11) is 1.55. The zero-order valence-corrected chi connectivity index (χ0v) is 19.0. The van der Waals surface area contributed by atoms with Crippen LogP contribution < -0.4 is 9.64 Å². The highest BCUT2D eigenvalue weighted by Crippen LogP contribution is 2.44. The molecular formula is C28H27NO4. The summed E-state index contributed by atoms with van der Waals surface area (Å²) in [5.41, 5.74) is 4.00. The number of carbonyl (C=O) groups is 2. The Kier molecular flexibility index (Phi) is 6.31. The van der Waals surface area contributed by atoms with Gasteiger partial charge in [-0.25, -0.2) is 0 Å². The van der Waals surface area contributed by atoms with Crippen LogP contribution in [0.2, 0.25) is 0 Å². The summed E-state index contributed by atoms with van der Waals surface area (Å²) < 4.78 is 5.56. The Labute approximate surface area is 193 Å². The number of ketones is 1. The molecule has 0 radical (unpaired) electrons. The summed E-state index contributed by atoms with van der Waals surface area (Å²) >= 11 is 0. The quantitative estimate of drug-likeness (QED) is 0.314. The molecule has 0 aromatic heterocycles. The Bertz CT molecular complexity index is 1210. The van der Waals surface area contributed by atoms with Crippen LogP contribution in [-0.2, 0) is 22.4 Å². The fourth-order valence-electron chi connectivity index (χ4n) is 4.23. The monoisotopic (exact) mass is 441 g/mol. The molecule has 1 N–H and O–H groups in total. The van der Waals surface area contributed by atoms with Gasteiger partial charge in [-0.15, -0.1) is 0 Å². The predicted octanol–water partition coefficient (Wildman–Crippen LogP) is 5.45. The first-order chi connectivity index (χ1) is 16.0. The number of para-hydroxylation sites is 1. The molecule has 3 aromatic carbocycles. The molecule has 1 fully saturated rings. The maximum absolute atomic E-state index is 13.3. The van der Waals surface area contributed by atoms with E-state index in [1.807, 2.05) is 61.5 Å². The van der Waals surface area contributed by atoms with Gasteiger partial charge in [0.05, 0.1) is 18.7 Å². The van der Waals surface area contributed by atoms with Gasteiger partial charge in [-0.1, -0.05) is 68.4 Å². The number of hydrogen-bond donors (Lipinski definition) is 1. The van der Waals surface area contributed by atoms with E-state index in [9.17, 15) is 14.7 Å². The number of anilines is 1. The summed E-state index contributed by atoms with van der Waals surface area (Å²) in [6.45, 7) is 4.10. The average Bonchev–Trinajstić information content (AvgIpc) is 3.13. The summed E-state index contributed by atoms with van der Waals surface area (Å²) in [5.74, 6) is -1.06. The van der Waals surface area contributed by atoms with E-state index < -0.39 is 17.7 Å². The van der Waals surface area contributed by atoms with Crippen LogP contribution in [-0.4, -0.2) is 23.9 Å². The molecule has 0 spiro atoms. The van der Waals surface area contributed by atoms with E-state index in [1.165, 1.54) is 4.90 Å². The number of aliphatic hydroxyl groups excluding tert-OH is 1. The van der Waals surface area contributed by atoms with Crippen LogP contribution in [0.3, 0.4) is 0 Å². The lowest BCUT2D eigenvalue weighted by Crippen LogP contribution is -2.29. The molecule has 1 saturated heterocycles. The first kappa shape index (κ1) is 22.3. The number of benzene rings is 3. The van der Waals surface area contributed by atoms with Crippen molar-refractivity contribution >= 4 is 23.1 Å². The number of nitrogens with zero attached hydrogens (tertiary/aromatic N) is 1. The first-order valence-corrected chi connectivity index (χ1v) is 11.1. The number of carbonyl (C=O) groups excluding carboxylic acids is 2. The fraction of sp³-hybridized carbons (Fsp3) is 0.214. The number of amides is 1. The molecule has 5 nitrogen and oxygen atoms in total. The molecule has 1 aliphatic heterocycles. The third-order valence-corrected chi connectivity index (χ3v) is 6.14. The Morgan fingerprint density at radius 2 is 1.45 bits per heavy atom. The van der Waals surface area contributed by atoms with E-state index in [0.717, 1.165) is 24.0 Å². The standard InChI is InChI=1S/C28H27NO4/c1-4-18-10-14-20(15-11-18)26(30)24-25(22-8-6-7-9-23(22)33-3)29(28(32)27(24)31)21-16-12-19(5-2)13-17-21/h6-17,25,30H,4-5H2,1-3H3/b26-24-. The fourth-order valence-corrected chi connectivity index (χ4v) is 4.23. The first-order valence-electron chi connectivity index (χ1n) is 11.1. The second kappa shape index (κ2) is 9.33. The van der Waals surface area contributed by atoms with E-state index >= 15 is 0 Å². The Balaban J connectivity index is 1.93. The van der Waals surface area contributed by atoms with Crippen molar-refractivity contribution in [3.63, 3.8) is 0 Å². The highest BCUT2D eigenvalue weighted by Gasteiger charge is 2.47. The normalized spacial score (nSPS) is 17.4. The van der Waals surface area contributed by atoms with Crippen molar-refractivity contribution in [3.05, 3.63) is 101 Å². The number of hydrogen-bond acceptors (Lipinski definition) is 4. The van der Waals surface area contributed by atoms with Gasteiger partial charge in [-0.2, -0.15) is 0 Å². The minimum Gasteiger partial charge on any atom is -0.507 e. The molecular weight excluding hydrogens is 414 g/mol. The van der Waals surface area contributed by atoms with Gasteiger partial charge in [0.25, 0.3) is 11.7 Å². The average molecular weight is 442 g/mol. The van der Waals surface area contributed by atoms with Crippen LogP contribution in [0, 0.1) is 0 Å². The van der Waals surface area contributed by atoms with Crippen molar-refractivity contribution in [2.24, 2.45) is 0 Å². The molecule has 1 atom stereocenters. The lowest BCUT2D eigenvalue weighted by Gasteiger charge is -2.26. The van der Waals surface area contributed by atoms with Crippen LogP contribution in [0.15, 0.2) is 78.4 Å². The van der Waals surface area contributed by atoms with Gasteiger partial charge < -0.3 is 9.84 Å². The van der Waals surface area contributed by atoms with Crippen molar-refractivity contribution in [1.82, 2.24) is 0 Å². The molecule has 1 unspecified atom stereocenters. The number of aryl methyl sites for hydroxylation is 2. The second-order valence-corrected chi connectivity index (χ2v) is 7.98. The van der Waals surface area contributed by atoms with Gasteiger partial charge >= 0.3 is 0 Å². The zero-order valence-electron chi connectivity index (χ0n) is 19.0. The number of Topliss-reactive ketones (excluding diaryl/α,β-unsaturated/α-hetero) is 1. The molecule has 0 aliphatic carbocycles. The number of ether oxygens (including phenoxy) is 1. The van der Waals surface area contributed by atoms with Crippen LogP contribution >= 0.6 is 0 Å². The molecule has 5 heteroatoms. The molecule has 33 heavy (non-hydrogen) atoms. The Hall–Kier alpha value is -3.86. The van der Waals surface area contributed by atoms with Gasteiger partial charge in [0, 0.05) is 16.8 Å². The van der Waals surface area contributed by atoms with Crippen LogP contribution in [0.25, 0.3) is 5.76 Å². The lowest BCUT2D eigenvalue weighted by molar-refractivity contribution is -0.132. The van der Waals surface area contributed by atoms with Crippen LogP contribution in [0.4, 0.5) is 5.69 Å². The molecule has 4 rings (SSSR count). The molecule has 1 heterocycles. The van der Waals surface area contributed by atoms with Crippen molar-refractivity contribution in [2.75, 3.05) is 12.0 Å². The highest BCUT2D eigenvalue weighted by atomic mass is 16.5. The molecule has 0 bridgehead atoms. The molecule has 1 aliphatic rings. The van der Waals surface area contributed by atoms with Crippen molar-refractivity contribution in [3.8, 4) is 5.75 Å². The third-order valence-electron chi connectivity index (χ3n) is 6.14. The summed E-state index contributed by atoms with van der Waals surface area (Å²) in [6.07, 6.45) is 1.73. The molecule has 1 amide bonds. The largest absolute Gasteiger partial charge is 0.507 e. The van der Waals surface area contributed by atoms with E-state index in [4.69, 9.17) is 4.74 Å². The van der Waals surface area contributed by atoms with Gasteiger partial charge in [0.2, 0.25) is 0 Å². The number of methoxy groups -OCH3 is 1. The maximum atomic E-state index is 13.3. The predicted molar refractivity (Wildman–Crippen MR) is 129 cm³/mol. The lowest BCUT2D eigenvalue weighted by atomic mass is 9.94. The van der Waals surface area contributed by atoms with Crippen molar-refractivity contribution < 1.29 is 19.4 Å². The Morgan fingerprint density at radius 3 is 2.03 bits per heavy atom. The zero-order chi connectivity index (χ0) is 23.5. The number of aliphatic hydroxyl groups is 1. The molecule has 0 saturated carbocycles. The van der Waals surface area contributed by atoms with E-state index in [2.05, 4.69) is 6.92 Å².